The molecule has 8 heteroatoms. The van der Waals surface area contributed by atoms with Gasteiger partial charge < -0.3 is 9.64 Å². The minimum Gasteiger partial charge on any atom is -0.497 e. The lowest BCUT2D eigenvalue weighted by molar-refractivity contribution is -0.137. The number of halogens is 3. The van der Waals surface area contributed by atoms with Crippen LogP contribution in [0.5, 0.6) is 5.75 Å². The maximum absolute atomic E-state index is 13.0. The summed E-state index contributed by atoms with van der Waals surface area (Å²) in [5.41, 5.74) is 3.18. The van der Waals surface area contributed by atoms with Crippen molar-refractivity contribution in [2.75, 3.05) is 20.2 Å². The van der Waals surface area contributed by atoms with Crippen molar-refractivity contribution in [3.63, 3.8) is 0 Å². The van der Waals surface area contributed by atoms with Crippen molar-refractivity contribution in [1.29, 1.82) is 0 Å². The molecule has 2 aromatic carbocycles. The fourth-order valence-corrected chi connectivity index (χ4v) is 3.98. The van der Waals surface area contributed by atoms with E-state index in [0.717, 1.165) is 46.2 Å². The Hall–Kier alpha value is -3.42. The van der Waals surface area contributed by atoms with Gasteiger partial charge in [0, 0.05) is 48.3 Å². The van der Waals surface area contributed by atoms with E-state index < -0.39 is 11.7 Å². The number of aryl methyl sites for hydroxylation is 1. The normalized spacial score (nSPS) is 13.9. The number of hydrogen-bond acceptors (Lipinski definition) is 4. The summed E-state index contributed by atoms with van der Waals surface area (Å²) < 4.78 is 43.8. The molecule has 0 aliphatic carbocycles. The van der Waals surface area contributed by atoms with E-state index in [0.29, 0.717) is 32.4 Å². The fourth-order valence-electron chi connectivity index (χ4n) is 3.98. The van der Waals surface area contributed by atoms with Crippen molar-refractivity contribution in [2.24, 2.45) is 0 Å². The van der Waals surface area contributed by atoms with Gasteiger partial charge in [-0.2, -0.15) is 13.2 Å². The molecule has 0 unspecified atom stereocenters. The molecule has 1 amide bonds. The molecule has 33 heavy (non-hydrogen) atoms. The first-order chi connectivity index (χ1) is 15.8. The topological polar surface area (TPSA) is 55.3 Å². The summed E-state index contributed by atoms with van der Waals surface area (Å²) in [5.74, 6) is 1.20. The van der Waals surface area contributed by atoms with Crippen molar-refractivity contribution < 1.29 is 22.7 Å². The highest BCUT2D eigenvalue weighted by molar-refractivity contribution is 5.94. The van der Waals surface area contributed by atoms with Gasteiger partial charge in [0.15, 0.2) is 0 Å². The highest BCUT2D eigenvalue weighted by Crippen LogP contribution is 2.30. The number of fused-ring (bicyclic) bond motifs is 1. The summed E-state index contributed by atoms with van der Waals surface area (Å²) in [6, 6.07) is 12.0. The Labute approximate surface area is 190 Å². The lowest BCUT2D eigenvalue weighted by Crippen LogP contribution is -2.33. The maximum atomic E-state index is 13.0. The number of amides is 1. The second-order valence-electron chi connectivity index (χ2n) is 7.86. The summed E-state index contributed by atoms with van der Waals surface area (Å²) in [7, 11) is 1.61. The Morgan fingerprint density at radius 1 is 1.00 bits per heavy atom. The number of hydrogen-bond donors (Lipinski definition) is 0. The van der Waals surface area contributed by atoms with E-state index in [-0.39, 0.29) is 11.5 Å². The summed E-state index contributed by atoms with van der Waals surface area (Å²) in [6.45, 7) is 2.87. The molecule has 1 aliphatic rings. The Morgan fingerprint density at radius 3 is 2.27 bits per heavy atom. The van der Waals surface area contributed by atoms with Crippen LogP contribution < -0.4 is 4.74 Å². The number of aromatic nitrogens is 2. The lowest BCUT2D eigenvalue weighted by atomic mass is 10.0. The predicted molar refractivity (Wildman–Crippen MR) is 118 cm³/mol. The molecule has 0 saturated carbocycles. The smallest absolute Gasteiger partial charge is 0.416 e. The number of benzene rings is 2. The maximum Gasteiger partial charge on any atom is 0.416 e. The highest BCUT2D eigenvalue weighted by atomic mass is 19.4. The Morgan fingerprint density at radius 2 is 1.67 bits per heavy atom. The standard InChI is InChI=1S/C25H24F3N3O2/c1-3-22-29-21-13-15-31(24(32)17-4-8-18(9-5-17)25(26,27)28)14-12-20(21)23(30-22)16-6-10-19(33-2)11-7-16/h4-11H,3,12-15H2,1-2H3. The van der Waals surface area contributed by atoms with E-state index in [1.807, 2.05) is 31.2 Å². The largest absolute Gasteiger partial charge is 0.497 e. The molecule has 1 aliphatic heterocycles. The quantitative estimate of drug-likeness (QED) is 0.557. The highest BCUT2D eigenvalue weighted by Gasteiger charge is 2.31. The van der Waals surface area contributed by atoms with Crippen LogP contribution in [0.1, 0.15) is 39.9 Å². The van der Waals surface area contributed by atoms with E-state index in [9.17, 15) is 18.0 Å². The van der Waals surface area contributed by atoms with Crippen LogP contribution in [0.25, 0.3) is 11.3 Å². The molecule has 1 aromatic heterocycles. The molecule has 0 N–H and O–H groups in total. The summed E-state index contributed by atoms with van der Waals surface area (Å²) in [5, 5.41) is 0. The first-order valence-electron chi connectivity index (χ1n) is 10.8. The van der Waals surface area contributed by atoms with Crippen molar-refractivity contribution in [1.82, 2.24) is 14.9 Å². The molecule has 0 atom stereocenters. The summed E-state index contributed by atoms with van der Waals surface area (Å²) >= 11 is 0. The van der Waals surface area contributed by atoms with E-state index in [1.54, 1.807) is 12.0 Å². The van der Waals surface area contributed by atoms with Crippen LogP contribution in [-0.2, 0) is 25.4 Å². The Balaban J connectivity index is 1.60. The van der Waals surface area contributed by atoms with Crippen molar-refractivity contribution in [3.05, 3.63) is 76.7 Å². The number of carbonyl (C=O) groups excluding carboxylic acids is 1. The van der Waals surface area contributed by atoms with Gasteiger partial charge in [0.05, 0.1) is 18.4 Å². The average Bonchev–Trinajstić information content (AvgIpc) is 3.05. The summed E-state index contributed by atoms with van der Waals surface area (Å²) in [4.78, 5) is 24.2. The first kappa shape index (κ1) is 22.8. The molecule has 0 saturated heterocycles. The molecule has 0 radical (unpaired) electrons. The fraction of sp³-hybridized carbons (Fsp3) is 0.320. The van der Waals surface area contributed by atoms with E-state index in [1.165, 1.54) is 12.1 Å². The number of methoxy groups -OCH3 is 1. The number of rotatable bonds is 4. The molecule has 5 nitrogen and oxygen atoms in total. The molecule has 2 heterocycles. The zero-order valence-electron chi connectivity index (χ0n) is 18.4. The minimum atomic E-state index is -4.43. The van der Waals surface area contributed by atoms with E-state index >= 15 is 0 Å². The van der Waals surface area contributed by atoms with Gasteiger partial charge in [-0.3, -0.25) is 4.79 Å². The molecular weight excluding hydrogens is 431 g/mol. The number of alkyl halides is 3. The number of ether oxygens (including phenoxy) is 1. The van der Waals surface area contributed by atoms with Crippen LogP contribution in [0.4, 0.5) is 13.2 Å². The van der Waals surface area contributed by atoms with Crippen LogP contribution in [0.15, 0.2) is 48.5 Å². The Kier molecular flexibility index (Phi) is 6.35. The second-order valence-corrected chi connectivity index (χ2v) is 7.86. The van der Waals surface area contributed by atoms with Gasteiger partial charge in [-0.15, -0.1) is 0 Å². The van der Waals surface area contributed by atoms with Gasteiger partial charge in [0.1, 0.15) is 11.6 Å². The molecule has 172 valence electrons. The van der Waals surface area contributed by atoms with Crippen LogP contribution in [0.2, 0.25) is 0 Å². The molecule has 3 aromatic rings. The SMILES string of the molecule is CCc1nc2c(c(-c3ccc(OC)cc3)n1)CCN(C(=O)c1ccc(C(F)(F)F)cc1)CC2. The third kappa shape index (κ3) is 4.84. The number of carbonyl (C=O) groups is 1. The second kappa shape index (κ2) is 9.21. The van der Waals surface area contributed by atoms with Crippen LogP contribution >= 0.6 is 0 Å². The minimum absolute atomic E-state index is 0.240. The zero-order chi connectivity index (χ0) is 23.6. The van der Waals surface area contributed by atoms with Crippen LogP contribution in [0.3, 0.4) is 0 Å². The van der Waals surface area contributed by atoms with Crippen molar-refractivity contribution in [2.45, 2.75) is 32.4 Å². The Bertz CT molecular complexity index is 1140. The van der Waals surface area contributed by atoms with Crippen molar-refractivity contribution in [3.8, 4) is 17.0 Å². The first-order valence-corrected chi connectivity index (χ1v) is 10.8. The van der Waals surface area contributed by atoms with Crippen LogP contribution in [0, 0.1) is 0 Å². The predicted octanol–water partition coefficient (Wildman–Crippen LogP) is 4.97. The van der Waals surface area contributed by atoms with Gasteiger partial charge in [0.25, 0.3) is 5.91 Å². The summed E-state index contributed by atoms with van der Waals surface area (Å²) in [6.07, 6.45) is -2.63. The number of nitrogens with zero attached hydrogens (tertiary/aromatic N) is 3. The van der Waals surface area contributed by atoms with Gasteiger partial charge in [-0.1, -0.05) is 6.92 Å². The molecule has 0 fully saturated rings. The molecular formula is C25H24F3N3O2. The van der Waals surface area contributed by atoms with E-state index in [2.05, 4.69) is 0 Å². The van der Waals surface area contributed by atoms with Gasteiger partial charge in [-0.05, 0) is 55.0 Å². The molecule has 0 spiro atoms. The van der Waals surface area contributed by atoms with Crippen molar-refractivity contribution >= 4 is 5.91 Å². The van der Waals surface area contributed by atoms with Gasteiger partial charge in [-0.25, -0.2) is 9.97 Å². The molecule has 0 bridgehead atoms. The van der Waals surface area contributed by atoms with E-state index in [4.69, 9.17) is 14.7 Å². The lowest BCUT2D eigenvalue weighted by Gasteiger charge is -2.20. The van der Waals surface area contributed by atoms with Crippen LogP contribution in [-0.4, -0.2) is 41.0 Å². The third-order valence-electron chi connectivity index (χ3n) is 5.82. The third-order valence-corrected chi connectivity index (χ3v) is 5.82. The van der Waals surface area contributed by atoms with Gasteiger partial charge in [0.2, 0.25) is 0 Å². The zero-order valence-corrected chi connectivity index (χ0v) is 18.4. The monoisotopic (exact) mass is 455 g/mol. The molecule has 4 rings (SSSR count). The van der Waals surface area contributed by atoms with Gasteiger partial charge >= 0.3 is 6.18 Å². The average molecular weight is 455 g/mol.